The van der Waals surface area contributed by atoms with Gasteiger partial charge in [0.1, 0.15) is 11.5 Å². The van der Waals surface area contributed by atoms with E-state index in [1.807, 2.05) is 0 Å². The zero-order valence-corrected chi connectivity index (χ0v) is 10.4. The molecule has 1 aromatic rings. The fourth-order valence-electron chi connectivity index (χ4n) is 1.86. The molecule has 1 amide bonds. The Morgan fingerprint density at radius 3 is 2.71 bits per heavy atom. The van der Waals surface area contributed by atoms with Crippen molar-refractivity contribution >= 4 is 11.7 Å². The molecule has 17 heavy (non-hydrogen) atoms. The highest BCUT2D eigenvalue weighted by molar-refractivity contribution is 5.92. The van der Waals surface area contributed by atoms with Crippen molar-refractivity contribution in [1.29, 1.82) is 0 Å². The highest BCUT2D eigenvalue weighted by Crippen LogP contribution is 2.39. The maximum atomic E-state index is 12.0. The topological polar surface area (TPSA) is 66.9 Å². The molecule has 1 fully saturated rings. The molecule has 0 aliphatic heterocycles. The lowest BCUT2D eigenvalue weighted by atomic mass is 9.98. The minimum absolute atomic E-state index is 0.158. The predicted molar refractivity (Wildman–Crippen MR) is 65.8 cm³/mol. The molecular formula is C12H18N4O. The summed E-state index contributed by atoms with van der Waals surface area (Å²) in [7, 11) is 1.75. The number of amides is 1. The minimum Gasteiger partial charge on any atom is -0.372 e. The monoisotopic (exact) mass is 234 g/mol. The van der Waals surface area contributed by atoms with Gasteiger partial charge in [-0.15, -0.1) is 0 Å². The summed E-state index contributed by atoms with van der Waals surface area (Å²) < 4.78 is 0. The number of hydrogen-bond acceptors (Lipinski definition) is 4. The molecule has 1 aromatic heterocycles. The molecule has 5 nitrogen and oxygen atoms in total. The van der Waals surface area contributed by atoms with E-state index in [2.05, 4.69) is 34.4 Å². The maximum absolute atomic E-state index is 12.0. The quantitative estimate of drug-likeness (QED) is 0.827. The molecule has 0 unspecified atom stereocenters. The summed E-state index contributed by atoms with van der Waals surface area (Å²) in [5, 5.41) is 5.88. The molecule has 2 rings (SSSR count). The van der Waals surface area contributed by atoms with E-state index in [1.54, 1.807) is 13.2 Å². The van der Waals surface area contributed by atoms with Gasteiger partial charge >= 0.3 is 0 Å². The van der Waals surface area contributed by atoms with Crippen LogP contribution in [-0.2, 0) is 0 Å². The Bertz CT molecular complexity index is 426. The first-order valence-corrected chi connectivity index (χ1v) is 5.85. The number of aromatic nitrogens is 2. The lowest BCUT2D eigenvalue weighted by molar-refractivity contribution is 0.0898. The number of hydrogen-bond donors (Lipinski definition) is 2. The van der Waals surface area contributed by atoms with Crippen LogP contribution in [0.3, 0.4) is 0 Å². The third-order valence-electron chi connectivity index (χ3n) is 3.16. The molecule has 5 heteroatoms. The van der Waals surface area contributed by atoms with Crippen LogP contribution in [0.15, 0.2) is 12.4 Å². The summed E-state index contributed by atoms with van der Waals surface area (Å²) in [5.41, 5.74) is 0.194. The smallest absolute Gasteiger partial charge is 0.271 e. The third kappa shape index (κ3) is 2.72. The second-order valence-electron chi connectivity index (χ2n) is 4.99. The first-order valence-electron chi connectivity index (χ1n) is 5.85. The van der Waals surface area contributed by atoms with Crippen molar-refractivity contribution in [2.45, 2.75) is 32.2 Å². The van der Waals surface area contributed by atoms with E-state index < -0.39 is 0 Å². The largest absolute Gasteiger partial charge is 0.372 e. The number of anilines is 1. The normalized spacial score (nSPS) is 15.5. The second kappa shape index (κ2) is 4.31. The van der Waals surface area contributed by atoms with Gasteiger partial charge in [0.05, 0.1) is 12.4 Å². The molecule has 1 aliphatic carbocycles. The molecule has 0 bridgehead atoms. The van der Waals surface area contributed by atoms with Crippen LogP contribution in [0.4, 0.5) is 5.82 Å². The number of rotatable bonds is 4. The molecule has 1 saturated carbocycles. The Labute approximate surface area is 101 Å². The minimum atomic E-state index is -0.161. The Kier molecular flexibility index (Phi) is 3.00. The summed E-state index contributed by atoms with van der Waals surface area (Å²) in [6, 6.07) is 0. The average Bonchev–Trinajstić information content (AvgIpc) is 3.12. The number of nitrogens with zero attached hydrogens (tertiary/aromatic N) is 2. The van der Waals surface area contributed by atoms with Crippen molar-refractivity contribution in [3.8, 4) is 0 Å². The zero-order chi connectivity index (χ0) is 12.5. The van der Waals surface area contributed by atoms with E-state index in [4.69, 9.17) is 0 Å². The zero-order valence-electron chi connectivity index (χ0n) is 10.4. The van der Waals surface area contributed by atoms with E-state index >= 15 is 0 Å². The Morgan fingerprint density at radius 1 is 1.41 bits per heavy atom. The fraction of sp³-hybridized carbons (Fsp3) is 0.583. The van der Waals surface area contributed by atoms with Crippen molar-refractivity contribution in [2.24, 2.45) is 5.92 Å². The number of nitrogens with one attached hydrogen (secondary N) is 2. The van der Waals surface area contributed by atoms with E-state index in [1.165, 1.54) is 19.0 Å². The fourth-order valence-corrected chi connectivity index (χ4v) is 1.86. The van der Waals surface area contributed by atoms with E-state index in [0.29, 0.717) is 17.4 Å². The van der Waals surface area contributed by atoms with Gasteiger partial charge in [-0.3, -0.25) is 9.78 Å². The van der Waals surface area contributed by atoms with Crippen LogP contribution in [0.5, 0.6) is 0 Å². The summed E-state index contributed by atoms with van der Waals surface area (Å²) in [6.07, 6.45) is 5.45. The van der Waals surface area contributed by atoms with Gasteiger partial charge < -0.3 is 10.6 Å². The van der Waals surface area contributed by atoms with E-state index in [-0.39, 0.29) is 11.4 Å². The first kappa shape index (κ1) is 11.8. The molecule has 0 atom stereocenters. The van der Waals surface area contributed by atoms with E-state index in [9.17, 15) is 4.79 Å². The first-order chi connectivity index (χ1) is 8.03. The van der Waals surface area contributed by atoms with Gasteiger partial charge in [-0.2, -0.15) is 0 Å². The molecule has 0 radical (unpaired) electrons. The van der Waals surface area contributed by atoms with Gasteiger partial charge in [0.15, 0.2) is 0 Å². The Hall–Kier alpha value is -1.65. The third-order valence-corrected chi connectivity index (χ3v) is 3.16. The van der Waals surface area contributed by atoms with Crippen LogP contribution in [0.25, 0.3) is 0 Å². The van der Waals surface area contributed by atoms with Gasteiger partial charge in [0.25, 0.3) is 5.91 Å². The van der Waals surface area contributed by atoms with Crippen LogP contribution in [0.1, 0.15) is 37.2 Å². The molecule has 2 N–H and O–H groups in total. The Balaban J connectivity index is 2.08. The lowest BCUT2D eigenvalue weighted by Crippen LogP contribution is -2.45. The highest BCUT2D eigenvalue weighted by Gasteiger charge is 2.39. The molecular weight excluding hydrogens is 216 g/mol. The van der Waals surface area contributed by atoms with Crippen LogP contribution in [-0.4, -0.2) is 28.5 Å². The van der Waals surface area contributed by atoms with Crippen molar-refractivity contribution in [2.75, 3.05) is 12.4 Å². The molecule has 0 saturated heterocycles. The van der Waals surface area contributed by atoms with Crippen LogP contribution in [0.2, 0.25) is 0 Å². The number of carbonyl (C=O) groups is 1. The SMILES string of the molecule is CNc1cncc(C(=O)NC(C)(C)C2CC2)n1. The van der Waals surface area contributed by atoms with Crippen LogP contribution >= 0.6 is 0 Å². The van der Waals surface area contributed by atoms with Crippen molar-refractivity contribution in [3.05, 3.63) is 18.1 Å². The van der Waals surface area contributed by atoms with Crippen molar-refractivity contribution < 1.29 is 4.79 Å². The van der Waals surface area contributed by atoms with E-state index in [0.717, 1.165) is 0 Å². The molecule has 0 spiro atoms. The van der Waals surface area contributed by atoms with Gasteiger partial charge in [-0.05, 0) is 32.6 Å². The predicted octanol–water partition coefficient (Wildman–Crippen LogP) is 1.44. The summed E-state index contributed by atoms with van der Waals surface area (Å²) >= 11 is 0. The van der Waals surface area contributed by atoms with Gasteiger partial charge in [-0.1, -0.05) is 0 Å². The molecule has 92 valence electrons. The lowest BCUT2D eigenvalue weighted by Gasteiger charge is -2.25. The van der Waals surface area contributed by atoms with Crippen molar-refractivity contribution in [1.82, 2.24) is 15.3 Å². The molecule has 1 aliphatic rings. The summed E-state index contributed by atoms with van der Waals surface area (Å²) in [4.78, 5) is 20.2. The summed E-state index contributed by atoms with van der Waals surface area (Å²) in [5.74, 6) is 1.03. The summed E-state index contributed by atoms with van der Waals surface area (Å²) in [6.45, 7) is 4.11. The van der Waals surface area contributed by atoms with Crippen LogP contribution in [0, 0.1) is 5.92 Å². The van der Waals surface area contributed by atoms with Gasteiger partial charge in [-0.25, -0.2) is 4.98 Å². The average molecular weight is 234 g/mol. The molecule has 1 heterocycles. The molecule has 0 aromatic carbocycles. The van der Waals surface area contributed by atoms with Gasteiger partial charge in [0, 0.05) is 12.6 Å². The van der Waals surface area contributed by atoms with Gasteiger partial charge in [0.2, 0.25) is 0 Å². The Morgan fingerprint density at radius 2 is 2.12 bits per heavy atom. The number of carbonyl (C=O) groups excluding carboxylic acids is 1. The second-order valence-corrected chi connectivity index (χ2v) is 4.99. The standard InChI is InChI=1S/C12H18N4O/c1-12(2,8-4-5-8)16-11(17)9-6-14-7-10(13-3)15-9/h6-8H,4-5H2,1-3H3,(H,13,15)(H,16,17). The maximum Gasteiger partial charge on any atom is 0.271 e. The highest BCUT2D eigenvalue weighted by atomic mass is 16.2. The van der Waals surface area contributed by atoms with Crippen LogP contribution < -0.4 is 10.6 Å². The van der Waals surface area contributed by atoms with Crippen molar-refractivity contribution in [3.63, 3.8) is 0 Å².